The van der Waals surface area contributed by atoms with Crippen LogP contribution in [-0.2, 0) is 16.0 Å². The Labute approximate surface area is 139 Å². The van der Waals surface area contributed by atoms with Gasteiger partial charge in [0.1, 0.15) is 5.76 Å². The van der Waals surface area contributed by atoms with Gasteiger partial charge in [-0.05, 0) is 25.2 Å². The average molecular weight is 341 g/mol. The van der Waals surface area contributed by atoms with Crippen molar-refractivity contribution >= 4 is 23.5 Å². The zero-order valence-electron chi connectivity index (χ0n) is 13.0. The Morgan fingerprint density at radius 1 is 1.48 bits per heavy atom. The Hall–Kier alpha value is -1.56. The highest BCUT2D eigenvalue weighted by Gasteiger charge is 2.46. The van der Waals surface area contributed by atoms with Gasteiger partial charge >= 0.3 is 5.97 Å². The topological polar surface area (TPSA) is 83.6 Å². The zero-order chi connectivity index (χ0) is 16.4. The molecule has 1 amide bonds. The molecule has 7 heteroatoms. The van der Waals surface area contributed by atoms with E-state index in [-0.39, 0.29) is 17.5 Å². The molecule has 23 heavy (non-hydrogen) atoms. The quantitative estimate of drug-likeness (QED) is 0.860. The maximum absolute atomic E-state index is 12.4. The molecular weight excluding hydrogens is 320 g/mol. The summed E-state index contributed by atoms with van der Waals surface area (Å²) in [5.74, 6) is 0.308. The molecule has 1 aromatic heterocycles. The molecule has 2 fully saturated rings. The van der Waals surface area contributed by atoms with Crippen LogP contribution in [0.4, 0.5) is 0 Å². The molecule has 1 N–H and O–H groups in total. The maximum Gasteiger partial charge on any atom is 0.311 e. The van der Waals surface area contributed by atoms with E-state index in [9.17, 15) is 14.7 Å². The highest BCUT2D eigenvalue weighted by atomic mass is 35.5. The van der Waals surface area contributed by atoms with E-state index in [1.807, 2.05) is 0 Å². The lowest BCUT2D eigenvalue weighted by Gasteiger charge is -2.40. The molecule has 1 aliphatic carbocycles. The van der Waals surface area contributed by atoms with E-state index in [1.165, 1.54) is 0 Å². The lowest BCUT2D eigenvalue weighted by Crippen LogP contribution is -2.50. The first-order chi connectivity index (χ1) is 11.0. The van der Waals surface area contributed by atoms with Gasteiger partial charge < -0.3 is 14.5 Å². The molecule has 126 valence electrons. The molecule has 0 bridgehead atoms. The van der Waals surface area contributed by atoms with Crippen molar-refractivity contribution in [1.29, 1.82) is 0 Å². The van der Waals surface area contributed by atoms with Crippen LogP contribution in [0.2, 0.25) is 5.15 Å². The number of aromatic nitrogens is 1. The normalized spacial score (nSPS) is 24.7. The number of carbonyl (C=O) groups excluding carboxylic acids is 1. The minimum Gasteiger partial charge on any atom is -0.481 e. The van der Waals surface area contributed by atoms with Crippen LogP contribution in [-0.4, -0.2) is 40.1 Å². The summed E-state index contributed by atoms with van der Waals surface area (Å²) < 4.78 is 5.00. The van der Waals surface area contributed by atoms with Gasteiger partial charge in [-0.3, -0.25) is 9.59 Å². The smallest absolute Gasteiger partial charge is 0.311 e. The Bertz CT molecular complexity index is 599. The summed E-state index contributed by atoms with van der Waals surface area (Å²) in [6, 6.07) is 1.60. The van der Waals surface area contributed by atoms with Crippen molar-refractivity contribution in [3.8, 4) is 0 Å². The summed E-state index contributed by atoms with van der Waals surface area (Å²) in [7, 11) is 0. The summed E-state index contributed by atoms with van der Waals surface area (Å²) in [5, 5.41) is 13.6. The van der Waals surface area contributed by atoms with Crippen LogP contribution in [0, 0.1) is 11.3 Å². The van der Waals surface area contributed by atoms with Gasteiger partial charge in [0.2, 0.25) is 5.91 Å². The van der Waals surface area contributed by atoms with E-state index in [4.69, 9.17) is 16.1 Å². The molecule has 1 aliphatic heterocycles. The molecule has 0 spiro atoms. The fourth-order valence-electron chi connectivity index (χ4n) is 3.44. The van der Waals surface area contributed by atoms with E-state index in [1.54, 1.807) is 11.0 Å². The van der Waals surface area contributed by atoms with E-state index in [0.29, 0.717) is 44.0 Å². The number of piperidine rings is 1. The Morgan fingerprint density at radius 3 is 2.87 bits per heavy atom. The molecule has 1 saturated heterocycles. The number of rotatable bonds is 6. The largest absolute Gasteiger partial charge is 0.481 e. The summed E-state index contributed by atoms with van der Waals surface area (Å²) in [6.45, 7) is 0.963. The van der Waals surface area contributed by atoms with Crippen LogP contribution in [0.5, 0.6) is 0 Å². The van der Waals surface area contributed by atoms with Crippen molar-refractivity contribution in [3.63, 3.8) is 0 Å². The van der Waals surface area contributed by atoms with Crippen LogP contribution in [0.3, 0.4) is 0 Å². The van der Waals surface area contributed by atoms with Gasteiger partial charge in [-0.1, -0.05) is 29.6 Å². The van der Waals surface area contributed by atoms with Crippen LogP contribution in [0.15, 0.2) is 10.6 Å². The summed E-state index contributed by atoms with van der Waals surface area (Å²) in [5.41, 5.74) is -0.759. The third-order valence-electron chi connectivity index (χ3n) is 4.88. The number of halogens is 1. The van der Waals surface area contributed by atoms with Gasteiger partial charge in [0.05, 0.1) is 5.41 Å². The second-order valence-corrected chi connectivity index (χ2v) is 7.16. The number of carboxylic acids is 1. The fraction of sp³-hybridized carbons (Fsp3) is 0.688. The van der Waals surface area contributed by atoms with E-state index in [2.05, 4.69) is 5.16 Å². The molecule has 0 radical (unpaired) electrons. The van der Waals surface area contributed by atoms with Crippen molar-refractivity contribution < 1.29 is 19.2 Å². The average Bonchev–Trinajstić information content (AvgIpc) is 3.24. The van der Waals surface area contributed by atoms with Crippen molar-refractivity contribution in [2.45, 2.75) is 44.9 Å². The van der Waals surface area contributed by atoms with Crippen molar-refractivity contribution in [3.05, 3.63) is 17.0 Å². The maximum atomic E-state index is 12.4. The summed E-state index contributed by atoms with van der Waals surface area (Å²) in [4.78, 5) is 25.9. The van der Waals surface area contributed by atoms with Gasteiger partial charge in [-0.15, -0.1) is 0 Å². The van der Waals surface area contributed by atoms with E-state index >= 15 is 0 Å². The van der Waals surface area contributed by atoms with Gasteiger partial charge in [0, 0.05) is 32.0 Å². The molecule has 2 aliphatic rings. The van der Waals surface area contributed by atoms with Crippen molar-refractivity contribution in [2.24, 2.45) is 11.3 Å². The predicted molar refractivity (Wildman–Crippen MR) is 83.1 cm³/mol. The lowest BCUT2D eigenvalue weighted by atomic mass is 9.75. The van der Waals surface area contributed by atoms with Crippen LogP contribution in [0.25, 0.3) is 0 Å². The van der Waals surface area contributed by atoms with Gasteiger partial charge in [0.25, 0.3) is 0 Å². The molecule has 2 heterocycles. The molecule has 6 nitrogen and oxygen atoms in total. The zero-order valence-corrected chi connectivity index (χ0v) is 13.7. The molecule has 1 atom stereocenters. The predicted octanol–water partition coefficient (Wildman–Crippen LogP) is 2.75. The number of nitrogens with zero attached hydrogens (tertiary/aromatic N) is 2. The van der Waals surface area contributed by atoms with E-state index in [0.717, 1.165) is 19.3 Å². The number of hydrogen-bond donors (Lipinski definition) is 1. The van der Waals surface area contributed by atoms with Crippen molar-refractivity contribution in [2.75, 3.05) is 13.1 Å². The summed E-state index contributed by atoms with van der Waals surface area (Å²) >= 11 is 5.69. The molecule has 3 rings (SSSR count). The highest BCUT2D eigenvalue weighted by molar-refractivity contribution is 6.29. The SMILES string of the molecule is O=C(CCc1cc(Cl)no1)N1CCC[C@](CC2CC2)(C(=O)O)C1. The third-order valence-corrected chi connectivity index (χ3v) is 5.05. The minimum atomic E-state index is -0.760. The minimum absolute atomic E-state index is 0.0290. The Morgan fingerprint density at radius 2 is 2.26 bits per heavy atom. The monoisotopic (exact) mass is 340 g/mol. The number of carbonyl (C=O) groups is 2. The van der Waals surface area contributed by atoms with Gasteiger partial charge in [-0.2, -0.15) is 0 Å². The molecule has 0 aromatic carbocycles. The number of carboxylic acid groups (broad SMARTS) is 1. The number of amides is 1. The molecule has 0 unspecified atom stereocenters. The first kappa shape index (κ1) is 16.3. The number of aryl methyl sites for hydroxylation is 1. The second kappa shape index (κ2) is 6.51. The van der Waals surface area contributed by atoms with Crippen LogP contribution < -0.4 is 0 Å². The number of aliphatic carboxylic acids is 1. The molecule has 1 aromatic rings. The van der Waals surface area contributed by atoms with Crippen LogP contribution in [0.1, 0.15) is 44.3 Å². The van der Waals surface area contributed by atoms with Gasteiger partial charge in [0.15, 0.2) is 5.15 Å². The second-order valence-electron chi connectivity index (χ2n) is 6.77. The first-order valence-electron chi connectivity index (χ1n) is 8.11. The van der Waals surface area contributed by atoms with E-state index < -0.39 is 11.4 Å². The molecule has 1 saturated carbocycles. The fourth-order valence-corrected chi connectivity index (χ4v) is 3.60. The van der Waals surface area contributed by atoms with Crippen molar-refractivity contribution in [1.82, 2.24) is 10.1 Å². The Balaban J connectivity index is 1.60. The Kier molecular flexibility index (Phi) is 4.62. The molecular formula is C16H21ClN2O4. The third kappa shape index (κ3) is 3.86. The highest BCUT2D eigenvalue weighted by Crippen LogP contribution is 2.45. The number of likely N-dealkylation sites (tertiary alicyclic amines) is 1. The first-order valence-corrected chi connectivity index (χ1v) is 8.49. The lowest BCUT2D eigenvalue weighted by molar-refractivity contribution is -0.156. The van der Waals surface area contributed by atoms with Gasteiger partial charge in [-0.25, -0.2) is 0 Å². The summed E-state index contributed by atoms with van der Waals surface area (Å²) in [6.07, 6.45) is 5.07. The standard InChI is InChI=1S/C16H21ClN2O4/c17-13-8-12(23-18-13)4-5-14(20)19-7-1-6-16(10-19,15(21)22)9-11-2-3-11/h8,11H,1-7,9-10H2,(H,21,22)/t16-/m1/s1. The van der Waals surface area contributed by atoms with Crippen LogP contribution >= 0.6 is 11.6 Å². The number of hydrogen-bond acceptors (Lipinski definition) is 4.